The van der Waals surface area contributed by atoms with Gasteiger partial charge in [-0.2, -0.15) is 0 Å². The van der Waals surface area contributed by atoms with Crippen molar-refractivity contribution in [1.29, 1.82) is 0 Å². The number of anilines is 2. The molecule has 0 aliphatic rings. The number of rotatable bonds is 5. The predicted molar refractivity (Wildman–Crippen MR) is 79.7 cm³/mol. The van der Waals surface area contributed by atoms with Crippen LogP contribution in [0.25, 0.3) is 0 Å². The zero-order valence-electron chi connectivity index (χ0n) is 11.4. The summed E-state index contributed by atoms with van der Waals surface area (Å²) in [6.07, 6.45) is 1.50. The normalized spacial score (nSPS) is 10.4. The predicted octanol–water partition coefficient (Wildman–Crippen LogP) is 3.62. The quantitative estimate of drug-likeness (QED) is 0.884. The van der Waals surface area contributed by atoms with Gasteiger partial charge in [0.15, 0.2) is 0 Å². The minimum atomic E-state index is -0.414. The molecule has 1 aromatic heterocycles. The van der Waals surface area contributed by atoms with Crippen LogP contribution < -0.4 is 10.6 Å². The summed E-state index contributed by atoms with van der Waals surface area (Å²) in [7, 11) is 0. The third-order valence-corrected chi connectivity index (χ3v) is 3.16. The molecule has 6 heteroatoms. The molecule has 0 saturated carbocycles. The first kappa shape index (κ1) is 14.5. The van der Waals surface area contributed by atoms with Crippen molar-refractivity contribution in [1.82, 2.24) is 9.97 Å². The Balaban J connectivity index is 2.10. The third-order valence-electron chi connectivity index (χ3n) is 2.87. The SMILES string of the molecule is CCNc1ncnc(NCc2ccc(F)c(Cl)c2)c1C. The molecule has 20 heavy (non-hydrogen) atoms. The van der Waals surface area contributed by atoms with Crippen LogP contribution in [0.2, 0.25) is 5.02 Å². The molecule has 1 aromatic carbocycles. The monoisotopic (exact) mass is 294 g/mol. The lowest BCUT2D eigenvalue weighted by atomic mass is 10.2. The number of hydrogen-bond acceptors (Lipinski definition) is 4. The van der Waals surface area contributed by atoms with Gasteiger partial charge in [0.25, 0.3) is 0 Å². The van der Waals surface area contributed by atoms with Crippen molar-refractivity contribution in [3.05, 3.63) is 46.5 Å². The Bertz CT molecular complexity index is 604. The van der Waals surface area contributed by atoms with Gasteiger partial charge >= 0.3 is 0 Å². The first-order chi connectivity index (χ1) is 9.61. The molecule has 0 bridgehead atoms. The fourth-order valence-electron chi connectivity index (χ4n) is 1.81. The molecule has 0 spiro atoms. The van der Waals surface area contributed by atoms with E-state index in [0.717, 1.165) is 29.3 Å². The number of halogens is 2. The molecule has 0 saturated heterocycles. The smallest absolute Gasteiger partial charge is 0.141 e. The molecular weight excluding hydrogens is 279 g/mol. The molecule has 0 radical (unpaired) electrons. The van der Waals surface area contributed by atoms with Crippen LogP contribution in [0.5, 0.6) is 0 Å². The first-order valence-electron chi connectivity index (χ1n) is 6.35. The second-order valence-corrected chi connectivity index (χ2v) is 4.74. The first-order valence-corrected chi connectivity index (χ1v) is 6.73. The Morgan fingerprint density at radius 3 is 2.55 bits per heavy atom. The van der Waals surface area contributed by atoms with Gasteiger partial charge in [0.2, 0.25) is 0 Å². The standard InChI is InChI=1S/C14H16ClFN4/c1-3-17-13-9(2)14(20-8-19-13)18-7-10-4-5-12(16)11(15)6-10/h4-6,8H,3,7H2,1-2H3,(H2,17,18,19,20). The minimum Gasteiger partial charge on any atom is -0.370 e. The number of hydrogen-bond donors (Lipinski definition) is 2. The largest absolute Gasteiger partial charge is 0.370 e. The van der Waals surface area contributed by atoms with Gasteiger partial charge in [-0.25, -0.2) is 14.4 Å². The van der Waals surface area contributed by atoms with Crippen molar-refractivity contribution in [3.63, 3.8) is 0 Å². The van der Waals surface area contributed by atoms with Crippen molar-refractivity contribution < 1.29 is 4.39 Å². The van der Waals surface area contributed by atoms with Gasteiger partial charge in [0.05, 0.1) is 5.02 Å². The molecular formula is C14H16ClFN4. The van der Waals surface area contributed by atoms with Crippen molar-refractivity contribution in [2.45, 2.75) is 20.4 Å². The topological polar surface area (TPSA) is 49.8 Å². The summed E-state index contributed by atoms with van der Waals surface area (Å²) >= 11 is 5.75. The minimum absolute atomic E-state index is 0.122. The summed E-state index contributed by atoms with van der Waals surface area (Å²) in [4.78, 5) is 8.38. The maximum absolute atomic E-state index is 13.1. The highest BCUT2D eigenvalue weighted by Gasteiger charge is 2.06. The van der Waals surface area contributed by atoms with E-state index in [1.165, 1.54) is 12.4 Å². The van der Waals surface area contributed by atoms with Gasteiger partial charge in [-0.05, 0) is 31.5 Å². The third kappa shape index (κ3) is 3.36. The zero-order valence-corrected chi connectivity index (χ0v) is 12.1. The molecule has 0 aliphatic heterocycles. The van der Waals surface area contributed by atoms with Gasteiger partial charge in [-0.1, -0.05) is 17.7 Å². The van der Waals surface area contributed by atoms with Gasteiger partial charge < -0.3 is 10.6 Å². The second-order valence-electron chi connectivity index (χ2n) is 4.33. The Hall–Kier alpha value is -1.88. The van der Waals surface area contributed by atoms with E-state index < -0.39 is 5.82 Å². The summed E-state index contributed by atoms with van der Waals surface area (Å²) in [5.74, 6) is 1.14. The van der Waals surface area contributed by atoms with Crippen LogP contribution in [0.1, 0.15) is 18.1 Å². The van der Waals surface area contributed by atoms with Gasteiger partial charge in [-0.3, -0.25) is 0 Å². The molecule has 0 aliphatic carbocycles. The number of benzene rings is 1. The summed E-state index contributed by atoms with van der Waals surface area (Å²) in [5, 5.41) is 6.49. The summed E-state index contributed by atoms with van der Waals surface area (Å²) in [6.45, 7) is 5.27. The molecule has 0 unspecified atom stereocenters. The van der Waals surface area contributed by atoms with Crippen LogP contribution in [0.15, 0.2) is 24.5 Å². The zero-order chi connectivity index (χ0) is 14.5. The highest BCUT2D eigenvalue weighted by molar-refractivity contribution is 6.30. The average Bonchev–Trinajstić information content (AvgIpc) is 2.44. The fourth-order valence-corrected chi connectivity index (χ4v) is 2.01. The van der Waals surface area contributed by atoms with Crippen LogP contribution in [-0.4, -0.2) is 16.5 Å². The average molecular weight is 295 g/mol. The Morgan fingerprint density at radius 1 is 1.20 bits per heavy atom. The van der Waals surface area contributed by atoms with E-state index in [4.69, 9.17) is 11.6 Å². The van der Waals surface area contributed by atoms with Gasteiger partial charge in [0, 0.05) is 18.7 Å². The van der Waals surface area contributed by atoms with Crippen molar-refractivity contribution in [2.75, 3.05) is 17.2 Å². The highest BCUT2D eigenvalue weighted by atomic mass is 35.5. The van der Waals surface area contributed by atoms with E-state index in [1.54, 1.807) is 12.1 Å². The Morgan fingerprint density at radius 2 is 1.90 bits per heavy atom. The lowest BCUT2D eigenvalue weighted by Crippen LogP contribution is -2.08. The highest BCUT2D eigenvalue weighted by Crippen LogP contribution is 2.20. The fraction of sp³-hybridized carbons (Fsp3) is 0.286. The molecule has 0 amide bonds. The van der Waals surface area contributed by atoms with Crippen LogP contribution in [-0.2, 0) is 6.54 Å². The summed E-state index contributed by atoms with van der Waals surface area (Å²) in [5.41, 5.74) is 1.84. The molecule has 2 N–H and O–H groups in total. The maximum Gasteiger partial charge on any atom is 0.141 e. The van der Waals surface area contributed by atoms with E-state index in [0.29, 0.717) is 6.54 Å². The van der Waals surface area contributed by atoms with Crippen LogP contribution in [0.4, 0.5) is 16.0 Å². The second kappa shape index (κ2) is 6.52. The number of nitrogens with one attached hydrogen (secondary N) is 2. The van der Waals surface area contributed by atoms with Crippen LogP contribution >= 0.6 is 11.6 Å². The molecule has 106 valence electrons. The van der Waals surface area contributed by atoms with Gasteiger partial charge in [-0.15, -0.1) is 0 Å². The van der Waals surface area contributed by atoms with Crippen molar-refractivity contribution >= 4 is 23.2 Å². The van der Waals surface area contributed by atoms with Crippen LogP contribution in [0.3, 0.4) is 0 Å². The van der Waals surface area contributed by atoms with Gasteiger partial charge in [0.1, 0.15) is 23.8 Å². The van der Waals surface area contributed by atoms with E-state index in [-0.39, 0.29) is 5.02 Å². The lowest BCUT2D eigenvalue weighted by Gasteiger charge is -2.12. The van der Waals surface area contributed by atoms with E-state index in [1.807, 2.05) is 13.8 Å². The number of nitrogens with zero attached hydrogens (tertiary/aromatic N) is 2. The van der Waals surface area contributed by atoms with Crippen LogP contribution in [0, 0.1) is 12.7 Å². The summed E-state index contributed by atoms with van der Waals surface area (Å²) in [6, 6.07) is 4.65. The molecule has 4 nitrogen and oxygen atoms in total. The van der Waals surface area contributed by atoms with E-state index in [2.05, 4.69) is 20.6 Å². The molecule has 0 fully saturated rings. The Kier molecular flexibility index (Phi) is 4.74. The molecule has 2 aromatic rings. The van der Waals surface area contributed by atoms with Crippen molar-refractivity contribution in [2.24, 2.45) is 0 Å². The summed E-state index contributed by atoms with van der Waals surface area (Å²) < 4.78 is 13.1. The van der Waals surface area contributed by atoms with E-state index in [9.17, 15) is 4.39 Å². The maximum atomic E-state index is 13.1. The Labute approximate surface area is 122 Å². The lowest BCUT2D eigenvalue weighted by molar-refractivity contribution is 0.627. The number of aromatic nitrogens is 2. The van der Waals surface area contributed by atoms with Crippen molar-refractivity contribution in [3.8, 4) is 0 Å². The van der Waals surface area contributed by atoms with E-state index >= 15 is 0 Å². The molecule has 0 atom stereocenters. The molecule has 1 heterocycles. The molecule has 2 rings (SSSR count).